The van der Waals surface area contributed by atoms with Crippen molar-refractivity contribution < 1.29 is 9.67 Å². The standard InChI is InChI=1S/C25H35O2P/c1-3-5-6-7-8-15-21-24(26)25(16-4-2)28(27,22-17-11-9-12-18-22)23-19-13-10-14-20-23/h4,9-14,16-20,24-26H,3,5-8,15,21H2,1-2H3/b16-4+. The second-order valence-electron chi connectivity index (χ2n) is 7.47. The highest BCUT2D eigenvalue weighted by atomic mass is 31.2. The summed E-state index contributed by atoms with van der Waals surface area (Å²) >= 11 is 0. The van der Waals surface area contributed by atoms with Gasteiger partial charge >= 0.3 is 0 Å². The normalized spacial score (nSPS) is 14.2. The molecular formula is C25H35O2P. The van der Waals surface area contributed by atoms with Gasteiger partial charge in [0.1, 0.15) is 0 Å². The van der Waals surface area contributed by atoms with E-state index >= 15 is 0 Å². The van der Waals surface area contributed by atoms with Gasteiger partial charge in [-0.3, -0.25) is 0 Å². The maximum absolute atomic E-state index is 14.5. The Kier molecular flexibility index (Phi) is 9.75. The summed E-state index contributed by atoms with van der Waals surface area (Å²) in [5.74, 6) is 0. The van der Waals surface area contributed by atoms with Crippen molar-refractivity contribution in [3.05, 3.63) is 72.8 Å². The summed E-state index contributed by atoms with van der Waals surface area (Å²) in [7, 11) is -3.01. The fraction of sp³-hybridized carbons (Fsp3) is 0.440. The van der Waals surface area contributed by atoms with Gasteiger partial charge in [0.2, 0.25) is 0 Å². The fourth-order valence-corrected chi connectivity index (χ4v) is 7.05. The highest BCUT2D eigenvalue weighted by Gasteiger charge is 2.38. The maximum Gasteiger partial charge on any atom is 0.152 e. The van der Waals surface area contributed by atoms with E-state index in [1.807, 2.05) is 79.7 Å². The first-order valence-electron chi connectivity index (χ1n) is 10.7. The SMILES string of the molecule is C/C=C/C(C(O)CCCCCCCC)P(=O)(c1ccccc1)c1ccccc1. The minimum absolute atomic E-state index is 0.405. The molecule has 0 aromatic heterocycles. The van der Waals surface area contributed by atoms with Crippen molar-refractivity contribution in [2.45, 2.75) is 70.6 Å². The van der Waals surface area contributed by atoms with Crippen molar-refractivity contribution in [1.29, 1.82) is 0 Å². The first kappa shape index (κ1) is 22.7. The van der Waals surface area contributed by atoms with Crippen molar-refractivity contribution in [3.8, 4) is 0 Å². The molecule has 3 heteroatoms. The van der Waals surface area contributed by atoms with E-state index in [1.54, 1.807) is 0 Å². The molecule has 0 fully saturated rings. The average Bonchev–Trinajstić information content (AvgIpc) is 2.75. The van der Waals surface area contributed by atoms with Crippen LogP contribution < -0.4 is 10.6 Å². The molecule has 2 unspecified atom stereocenters. The molecule has 0 amide bonds. The van der Waals surface area contributed by atoms with Gasteiger partial charge in [-0.05, 0) is 13.3 Å². The molecule has 0 aliphatic rings. The van der Waals surface area contributed by atoms with Gasteiger partial charge in [0.15, 0.2) is 7.14 Å². The number of aliphatic hydroxyl groups excluding tert-OH is 1. The molecule has 28 heavy (non-hydrogen) atoms. The lowest BCUT2D eigenvalue weighted by Crippen LogP contribution is -2.33. The highest BCUT2D eigenvalue weighted by molar-refractivity contribution is 7.79. The Morgan fingerprint density at radius 3 is 1.86 bits per heavy atom. The zero-order valence-electron chi connectivity index (χ0n) is 17.3. The number of hydrogen-bond acceptors (Lipinski definition) is 2. The quantitative estimate of drug-likeness (QED) is 0.268. The molecule has 1 N–H and O–H groups in total. The Morgan fingerprint density at radius 2 is 1.36 bits per heavy atom. The molecule has 0 radical (unpaired) electrons. The smallest absolute Gasteiger partial charge is 0.152 e. The molecule has 0 spiro atoms. The molecule has 0 heterocycles. The van der Waals surface area contributed by atoms with Crippen molar-refractivity contribution in [3.63, 3.8) is 0 Å². The van der Waals surface area contributed by atoms with Crippen LogP contribution in [0, 0.1) is 0 Å². The van der Waals surface area contributed by atoms with Gasteiger partial charge in [-0.1, -0.05) is 118 Å². The second-order valence-corrected chi connectivity index (χ2v) is 10.4. The molecule has 0 aliphatic heterocycles. The molecule has 2 aromatic carbocycles. The van der Waals surface area contributed by atoms with Gasteiger partial charge in [0.25, 0.3) is 0 Å². The van der Waals surface area contributed by atoms with Gasteiger partial charge in [-0.15, -0.1) is 0 Å². The van der Waals surface area contributed by atoms with Gasteiger partial charge in [0, 0.05) is 10.6 Å². The first-order chi connectivity index (χ1) is 13.6. The minimum atomic E-state index is -3.01. The van der Waals surface area contributed by atoms with E-state index in [4.69, 9.17) is 0 Å². The number of unbranched alkanes of at least 4 members (excludes halogenated alkanes) is 5. The van der Waals surface area contributed by atoms with E-state index in [9.17, 15) is 9.67 Å². The van der Waals surface area contributed by atoms with Crippen LogP contribution in [-0.2, 0) is 4.57 Å². The van der Waals surface area contributed by atoms with Gasteiger partial charge in [0.05, 0.1) is 11.8 Å². The van der Waals surface area contributed by atoms with E-state index in [1.165, 1.54) is 25.7 Å². The van der Waals surface area contributed by atoms with Crippen molar-refractivity contribution >= 4 is 17.8 Å². The molecule has 2 aromatic rings. The summed E-state index contributed by atoms with van der Waals surface area (Å²) in [6.45, 7) is 4.15. The Balaban J connectivity index is 2.26. The van der Waals surface area contributed by atoms with Crippen LogP contribution in [-0.4, -0.2) is 16.9 Å². The van der Waals surface area contributed by atoms with E-state index < -0.39 is 18.9 Å². The van der Waals surface area contributed by atoms with Gasteiger partial charge in [-0.2, -0.15) is 0 Å². The number of hydrogen-bond donors (Lipinski definition) is 1. The third-order valence-corrected chi connectivity index (χ3v) is 8.82. The summed E-state index contributed by atoms with van der Waals surface area (Å²) in [4.78, 5) is 0. The Morgan fingerprint density at radius 1 is 0.857 bits per heavy atom. The Hall–Kier alpha value is -1.63. The van der Waals surface area contributed by atoms with E-state index in [0.29, 0.717) is 6.42 Å². The summed E-state index contributed by atoms with van der Waals surface area (Å²) in [5, 5.41) is 12.7. The fourth-order valence-electron chi connectivity index (χ4n) is 3.79. The van der Waals surface area contributed by atoms with Crippen LogP contribution in [0.15, 0.2) is 72.8 Å². The van der Waals surface area contributed by atoms with Crippen LogP contribution in [0.1, 0.15) is 58.8 Å². The van der Waals surface area contributed by atoms with Crippen LogP contribution in [0.4, 0.5) is 0 Å². The van der Waals surface area contributed by atoms with Crippen LogP contribution in [0.25, 0.3) is 0 Å². The third-order valence-electron chi connectivity index (χ3n) is 5.34. The molecule has 0 aliphatic carbocycles. The third kappa shape index (κ3) is 5.93. The van der Waals surface area contributed by atoms with Crippen LogP contribution in [0.5, 0.6) is 0 Å². The summed E-state index contributed by atoms with van der Waals surface area (Å²) < 4.78 is 14.5. The number of aliphatic hydroxyl groups is 1. The predicted molar refractivity (Wildman–Crippen MR) is 122 cm³/mol. The molecule has 2 rings (SSSR count). The lowest BCUT2D eigenvalue weighted by atomic mass is 10.1. The average molecular weight is 399 g/mol. The monoisotopic (exact) mass is 398 g/mol. The molecule has 0 bridgehead atoms. The summed E-state index contributed by atoms with van der Waals surface area (Å²) in [6, 6.07) is 19.3. The maximum atomic E-state index is 14.5. The zero-order valence-corrected chi connectivity index (χ0v) is 18.2. The lowest BCUT2D eigenvalue weighted by Gasteiger charge is -2.30. The topological polar surface area (TPSA) is 37.3 Å². The largest absolute Gasteiger partial charge is 0.392 e. The Labute approximate surface area is 171 Å². The Bertz CT molecular complexity index is 696. The molecular weight excluding hydrogens is 363 g/mol. The van der Waals surface area contributed by atoms with Gasteiger partial charge in [-0.25, -0.2) is 0 Å². The van der Waals surface area contributed by atoms with Gasteiger partial charge < -0.3 is 9.67 Å². The minimum Gasteiger partial charge on any atom is -0.392 e. The number of rotatable bonds is 12. The molecule has 0 saturated carbocycles. The first-order valence-corrected chi connectivity index (χ1v) is 12.4. The van der Waals surface area contributed by atoms with Crippen molar-refractivity contribution in [1.82, 2.24) is 0 Å². The number of allylic oxidation sites excluding steroid dienone is 1. The zero-order chi connectivity index (χ0) is 20.2. The highest BCUT2D eigenvalue weighted by Crippen LogP contribution is 2.51. The lowest BCUT2D eigenvalue weighted by molar-refractivity contribution is 0.166. The summed E-state index contributed by atoms with van der Waals surface area (Å²) in [5.41, 5.74) is -0.405. The molecule has 2 nitrogen and oxygen atoms in total. The predicted octanol–water partition coefficient (Wildman–Crippen LogP) is 6.06. The second kappa shape index (κ2) is 12.0. The molecule has 2 atom stereocenters. The van der Waals surface area contributed by atoms with E-state index in [2.05, 4.69) is 6.92 Å². The number of benzene rings is 2. The summed E-state index contributed by atoms with van der Waals surface area (Å²) in [6.07, 6.45) is 11.0. The van der Waals surface area contributed by atoms with Crippen LogP contribution in [0.3, 0.4) is 0 Å². The molecule has 152 valence electrons. The molecule has 0 saturated heterocycles. The van der Waals surface area contributed by atoms with Crippen LogP contribution in [0.2, 0.25) is 0 Å². The van der Waals surface area contributed by atoms with Crippen molar-refractivity contribution in [2.75, 3.05) is 0 Å². The van der Waals surface area contributed by atoms with E-state index in [-0.39, 0.29) is 0 Å². The van der Waals surface area contributed by atoms with Crippen molar-refractivity contribution in [2.24, 2.45) is 0 Å². The van der Waals surface area contributed by atoms with E-state index in [0.717, 1.165) is 23.5 Å². The van der Waals surface area contributed by atoms with Crippen LogP contribution >= 0.6 is 7.14 Å².